The number of aryl methyl sites for hydroxylation is 1. The molecule has 6 rings (SSSR count). The van der Waals surface area contributed by atoms with Crippen LogP contribution in [0.15, 0.2) is 61.2 Å². The molecule has 0 bridgehead atoms. The standard InChI is InChI=1S/C28H27N7/c1-29-23-8-5-20(6-9-23)26-27(21-7-10-24-22(14-21)15-33-34(24)2)31-16-25-28(26)32-18-35(25)17-19-4-3-12-30-13-11-19/h5-10,14-16,18-19,30H,3-4,11-13,17H2,2H3. The highest BCUT2D eigenvalue weighted by molar-refractivity contribution is 6.00. The topological polar surface area (TPSA) is 64.9 Å². The lowest BCUT2D eigenvalue weighted by atomic mass is 9.97. The number of fused-ring (bicyclic) bond motifs is 2. The first kappa shape index (κ1) is 21.5. The predicted molar refractivity (Wildman–Crippen MR) is 139 cm³/mol. The molecule has 0 radical (unpaired) electrons. The molecule has 4 heterocycles. The van der Waals surface area contributed by atoms with E-state index in [-0.39, 0.29) is 0 Å². The fourth-order valence-corrected chi connectivity index (χ4v) is 5.23. The largest absolute Gasteiger partial charge is 0.329 e. The van der Waals surface area contributed by atoms with Crippen LogP contribution in [0, 0.1) is 12.5 Å². The fourth-order valence-electron chi connectivity index (χ4n) is 5.23. The second-order valence-corrected chi connectivity index (χ2v) is 9.36. The zero-order valence-corrected chi connectivity index (χ0v) is 19.8. The van der Waals surface area contributed by atoms with Gasteiger partial charge in [0.05, 0.1) is 42.0 Å². The molecule has 0 spiro atoms. The zero-order chi connectivity index (χ0) is 23.8. The van der Waals surface area contributed by atoms with Crippen molar-refractivity contribution in [1.82, 2.24) is 29.6 Å². The molecule has 0 saturated carbocycles. The van der Waals surface area contributed by atoms with Crippen molar-refractivity contribution in [1.29, 1.82) is 0 Å². The van der Waals surface area contributed by atoms with Crippen molar-refractivity contribution < 1.29 is 0 Å². The van der Waals surface area contributed by atoms with E-state index in [9.17, 15) is 0 Å². The van der Waals surface area contributed by atoms with Crippen LogP contribution in [0.5, 0.6) is 0 Å². The van der Waals surface area contributed by atoms with Gasteiger partial charge in [-0.2, -0.15) is 5.10 Å². The Balaban J connectivity index is 1.50. The monoisotopic (exact) mass is 461 g/mol. The number of benzene rings is 2. The van der Waals surface area contributed by atoms with E-state index in [0.717, 1.165) is 64.0 Å². The molecule has 1 fully saturated rings. The molecule has 7 nitrogen and oxygen atoms in total. The first-order valence-electron chi connectivity index (χ1n) is 12.2. The molecule has 35 heavy (non-hydrogen) atoms. The van der Waals surface area contributed by atoms with Gasteiger partial charge in [-0.3, -0.25) is 9.67 Å². The second-order valence-electron chi connectivity index (χ2n) is 9.36. The molecular weight excluding hydrogens is 434 g/mol. The molecule has 1 aliphatic rings. The Morgan fingerprint density at radius 2 is 1.86 bits per heavy atom. The van der Waals surface area contributed by atoms with E-state index in [1.165, 1.54) is 19.3 Å². The van der Waals surface area contributed by atoms with Gasteiger partial charge in [-0.05, 0) is 56.0 Å². The summed E-state index contributed by atoms with van der Waals surface area (Å²) in [6.07, 6.45) is 9.45. The lowest BCUT2D eigenvalue weighted by molar-refractivity contribution is 0.409. The van der Waals surface area contributed by atoms with Gasteiger partial charge in [0.25, 0.3) is 0 Å². The van der Waals surface area contributed by atoms with E-state index >= 15 is 0 Å². The van der Waals surface area contributed by atoms with Gasteiger partial charge in [-0.1, -0.05) is 30.3 Å². The van der Waals surface area contributed by atoms with Crippen LogP contribution in [0.4, 0.5) is 5.69 Å². The Kier molecular flexibility index (Phi) is 5.51. The third-order valence-corrected chi connectivity index (χ3v) is 7.12. The van der Waals surface area contributed by atoms with Crippen LogP contribution in [-0.2, 0) is 13.6 Å². The summed E-state index contributed by atoms with van der Waals surface area (Å²) in [5.74, 6) is 0.636. The van der Waals surface area contributed by atoms with Crippen LogP contribution >= 0.6 is 0 Å². The van der Waals surface area contributed by atoms with Crippen LogP contribution in [0.2, 0.25) is 0 Å². The molecule has 0 amide bonds. The van der Waals surface area contributed by atoms with Crippen LogP contribution in [0.1, 0.15) is 19.3 Å². The molecule has 1 saturated heterocycles. The fraction of sp³-hybridized carbons (Fsp3) is 0.286. The Hall–Kier alpha value is -4.02. The summed E-state index contributed by atoms with van der Waals surface area (Å²) in [5.41, 5.74) is 7.65. The third-order valence-electron chi connectivity index (χ3n) is 7.12. The molecule has 3 aromatic heterocycles. The lowest BCUT2D eigenvalue weighted by Crippen LogP contribution is -2.15. The van der Waals surface area contributed by atoms with Gasteiger partial charge in [0.1, 0.15) is 5.52 Å². The molecule has 5 aromatic rings. The minimum atomic E-state index is 0.625. The number of nitrogens with zero attached hydrogens (tertiary/aromatic N) is 6. The SMILES string of the molecule is [C-]#[N+]c1ccc(-c2c(-c3ccc4c(cnn4C)c3)ncc3c2ncn3CC2CCCNCC2)cc1. The van der Waals surface area contributed by atoms with Crippen molar-refractivity contribution in [3.05, 3.63) is 72.6 Å². The summed E-state index contributed by atoms with van der Waals surface area (Å²) in [5, 5.41) is 8.98. The maximum absolute atomic E-state index is 7.33. The molecule has 2 aromatic carbocycles. The Morgan fingerprint density at radius 3 is 2.71 bits per heavy atom. The van der Waals surface area contributed by atoms with Crippen LogP contribution in [-0.4, -0.2) is 37.4 Å². The third kappa shape index (κ3) is 3.96. The van der Waals surface area contributed by atoms with Crippen molar-refractivity contribution in [3.8, 4) is 22.4 Å². The summed E-state index contributed by atoms with van der Waals surface area (Å²) in [6.45, 7) is 10.5. The Labute approximate surface area is 204 Å². The van der Waals surface area contributed by atoms with Crippen molar-refractivity contribution in [2.45, 2.75) is 25.8 Å². The van der Waals surface area contributed by atoms with Gasteiger partial charge >= 0.3 is 0 Å². The number of hydrogen-bond donors (Lipinski definition) is 1. The zero-order valence-electron chi connectivity index (χ0n) is 19.8. The molecule has 7 heteroatoms. The maximum atomic E-state index is 7.33. The molecule has 1 N–H and O–H groups in total. The minimum Gasteiger partial charge on any atom is -0.329 e. The number of aromatic nitrogens is 5. The van der Waals surface area contributed by atoms with Gasteiger partial charge in [0.15, 0.2) is 5.69 Å². The van der Waals surface area contributed by atoms with Gasteiger partial charge in [0.2, 0.25) is 0 Å². The van der Waals surface area contributed by atoms with E-state index in [1.807, 2.05) is 54.7 Å². The number of rotatable bonds is 4. The van der Waals surface area contributed by atoms with Crippen molar-refractivity contribution in [2.75, 3.05) is 13.1 Å². The lowest BCUT2D eigenvalue weighted by Gasteiger charge is -2.16. The smallest absolute Gasteiger partial charge is 0.187 e. The summed E-state index contributed by atoms with van der Waals surface area (Å²) in [6, 6.07) is 14.1. The van der Waals surface area contributed by atoms with Gasteiger partial charge in [-0.15, -0.1) is 0 Å². The average molecular weight is 462 g/mol. The van der Waals surface area contributed by atoms with E-state index in [4.69, 9.17) is 16.5 Å². The van der Waals surface area contributed by atoms with Gasteiger partial charge in [-0.25, -0.2) is 9.83 Å². The summed E-state index contributed by atoms with van der Waals surface area (Å²) >= 11 is 0. The van der Waals surface area contributed by atoms with E-state index in [1.54, 1.807) is 0 Å². The minimum absolute atomic E-state index is 0.625. The Morgan fingerprint density at radius 1 is 1.00 bits per heavy atom. The molecule has 1 aliphatic heterocycles. The van der Waals surface area contributed by atoms with Crippen LogP contribution in [0.25, 0.3) is 49.2 Å². The number of nitrogens with one attached hydrogen (secondary N) is 1. The normalized spacial score (nSPS) is 16.4. The molecule has 1 atom stereocenters. The average Bonchev–Trinajstić information content (AvgIpc) is 3.37. The summed E-state index contributed by atoms with van der Waals surface area (Å²) < 4.78 is 4.15. The van der Waals surface area contributed by atoms with Crippen molar-refractivity contribution in [2.24, 2.45) is 13.0 Å². The number of pyridine rings is 1. The highest BCUT2D eigenvalue weighted by Crippen LogP contribution is 2.37. The predicted octanol–water partition coefficient (Wildman–Crippen LogP) is 5.59. The van der Waals surface area contributed by atoms with Crippen molar-refractivity contribution in [3.63, 3.8) is 0 Å². The van der Waals surface area contributed by atoms with Gasteiger partial charge < -0.3 is 9.88 Å². The van der Waals surface area contributed by atoms with E-state index in [0.29, 0.717) is 11.6 Å². The van der Waals surface area contributed by atoms with E-state index in [2.05, 4.69) is 38.0 Å². The maximum Gasteiger partial charge on any atom is 0.187 e. The highest BCUT2D eigenvalue weighted by atomic mass is 15.2. The summed E-state index contributed by atoms with van der Waals surface area (Å²) in [4.78, 5) is 13.5. The van der Waals surface area contributed by atoms with Crippen molar-refractivity contribution >= 4 is 27.6 Å². The quantitative estimate of drug-likeness (QED) is 0.354. The summed E-state index contributed by atoms with van der Waals surface area (Å²) in [7, 11) is 1.95. The van der Waals surface area contributed by atoms with Crippen LogP contribution in [0.3, 0.4) is 0 Å². The molecule has 0 aliphatic carbocycles. The molecular formula is C28H27N7. The van der Waals surface area contributed by atoms with Gasteiger partial charge in [0, 0.05) is 30.1 Å². The number of imidazole rings is 1. The first-order valence-corrected chi connectivity index (χ1v) is 12.2. The second kappa shape index (κ2) is 8.97. The first-order chi connectivity index (χ1) is 17.2. The molecule has 1 unspecified atom stereocenters. The Bertz CT molecular complexity index is 1540. The number of hydrogen-bond acceptors (Lipinski definition) is 4. The van der Waals surface area contributed by atoms with Crippen LogP contribution < -0.4 is 5.32 Å². The van der Waals surface area contributed by atoms with E-state index < -0.39 is 0 Å². The highest BCUT2D eigenvalue weighted by Gasteiger charge is 2.20. The molecule has 174 valence electrons.